The first-order valence-corrected chi connectivity index (χ1v) is 7.72. The molecular formula is C17H27NO2. The second kappa shape index (κ2) is 8.28. The summed E-state index contributed by atoms with van der Waals surface area (Å²) in [6.07, 6.45) is 4.77. The molecule has 1 heterocycles. The quantitative estimate of drug-likeness (QED) is 0.792. The number of hydrogen-bond donors (Lipinski definition) is 1. The molecule has 1 aromatic rings. The summed E-state index contributed by atoms with van der Waals surface area (Å²) < 4.78 is 10.6. The van der Waals surface area contributed by atoms with Crippen LogP contribution in [0.3, 0.4) is 0 Å². The Kier molecular flexibility index (Phi) is 6.34. The van der Waals surface area contributed by atoms with E-state index in [-0.39, 0.29) is 0 Å². The van der Waals surface area contributed by atoms with E-state index in [2.05, 4.69) is 24.4 Å². The molecule has 0 amide bonds. The lowest BCUT2D eigenvalue weighted by Gasteiger charge is -2.15. The fourth-order valence-electron chi connectivity index (χ4n) is 2.62. The summed E-state index contributed by atoms with van der Waals surface area (Å²) in [6, 6.07) is 8.95. The largest absolute Gasteiger partial charge is 0.497 e. The van der Waals surface area contributed by atoms with Crippen molar-refractivity contribution < 1.29 is 9.47 Å². The molecule has 1 aliphatic heterocycles. The van der Waals surface area contributed by atoms with E-state index in [0.717, 1.165) is 37.8 Å². The highest BCUT2D eigenvalue weighted by Crippen LogP contribution is 2.16. The number of benzene rings is 1. The fourth-order valence-corrected chi connectivity index (χ4v) is 2.62. The topological polar surface area (TPSA) is 30.5 Å². The lowest BCUT2D eigenvalue weighted by molar-refractivity contribution is 0.184. The molecule has 2 rings (SSSR count). The first-order valence-electron chi connectivity index (χ1n) is 7.72. The summed E-state index contributed by atoms with van der Waals surface area (Å²) in [7, 11) is 1.70. The molecule has 0 bridgehead atoms. The minimum atomic E-state index is 0.569. The Balaban J connectivity index is 1.59. The van der Waals surface area contributed by atoms with E-state index in [4.69, 9.17) is 9.47 Å². The molecule has 2 atom stereocenters. The van der Waals surface area contributed by atoms with E-state index in [1.807, 2.05) is 12.1 Å². The van der Waals surface area contributed by atoms with Crippen LogP contribution in [0.25, 0.3) is 0 Å². The molecule has 3 nitrogen and oxygen atoms in total. The minimum Gasteiger partial charge on any atom is -0.497 e. The molecule has 1 aromatic carbocycles. The average molecular weight is 277 g/mol. The van der Waals surface area contributed by atoms with E-state index in [9.17, 15) is 0 Å². The van der Waals surface area contributed by atoms with Crippen molar-refractivity contribution in [3.8, 4) is 5.75 Å². The maximum Gasteiger partial charge on any atom is 0.118 e. The van der Waals surface area contributed by atoms with Crippen LogP contribution in [0, 0.1) is 5.92 Å². The minimum absolute atomic E-state index is 0.569. The molecule has 1 N–H and O–H groups in total. The maximum atomic E-state index is 5.40. The molecular weight excluding hydrogens is 250 g/mol. The van der Waals surface area contributed by atoms with Gasteiger partial charge in [-0.05, 0) is 62.8 Å². The molecule has 2 unspecified atom stereocenters. The van der Waals surface area contributed by atoms with E-state index in [0.29, 0.717) is 6.04 Å². The highest BCUT2D eigenvalue weighted by Gasteiger charge is 2.15. The van der Waals surface area contributed by atoms with Gasteiger partial charge in [0.2, 0.25) is 0 Å². The van der Waals surface area contributed by atoms with Crippen LogP contribution in [0.1, 0.15) is 31.7 Å². The van der Waals surface area contributed by atoms with Gasteiger partial charge in [0.05, 0.1) is 7.11 Å². The smallest absolute Gasteiger partial charge is 0.118 e. The van der Waals surface area contributed by atoms with Crippen molar-refractivity contribution in [3.63, 3.8) is 0 Å². The number of nitrogens with one attached hydrogen (secondary N) is 1. The molecule has 20 heavy (non-hydrogen) atoms. The number of aryl methyl sites for hydroxylation is 1. The van der Waals surface area contributed by atoms with Crippen molar-refractivity contribution in [1.29, 1.82) is 0 Å². The third-order valence-corrected chi connectivity index (χ3v) is 4.09. The highest BCUT2D eigenvalue weighted by molar-refractivity contribution is 5.27. The Hall–Kier alpha value is -1.06. The van der Waals surface area contributed by atoms with Crippen molar-refractivity contribution in [3.05, 3.63) is 29.8 Å². The van der Waals surface area contributed by atoms with Crippen LogP contribution in [0.5, 0.6) is 5.75 Å². The average Bonchev–Trinajstić information content (AvgIpc) is 2.99. The van der Waals surface area contributed by atoms with Gasteiger partial charge in [0.1, 0.15) is 5.75 Å². The van der Waals surface area contributed by atoms with E-state index < -0.39 is 0 Å². The van der Waals surface area contributed by atoms with Crippen LogP contribution in [0.4, 0.5) is 0 Å². The summed E-state index contributed by atoms with van der Waals surface area (Å²) in [5.41, 5.74) is 1.38. The molecule has 0 spiro atoms. The standard InChI is InChI=1S/C17H27NO2/c1-14(18-11-9-16-10-12-20-13-16)3-4-15-5-7-17(19-2)8-6-15/h5-8,14,16,18H,3-4,9-13H2,1-2H3. The van der Waals surface area contributed by atoms with Gasteiger partial charge < -0.3 is 14.8 Å². The van der Waals surface area contributed by atoms with Gasteiger partial charge >= 0.3 is 0 Å². The van der Waals surface area contributed by atoms with Gasteiger partial charge in [-0.3, -0.25) is 0 Å². The third-order valence-electron chi connectivity index (χ3n) is 4.09. The van der Waals surface area contributed by atoms with E-state index in [1.165, 1.54) is 24.8 Å². The lowest BCUT2D eigenvalue weighted by Crippen LogP contribution is -2.28. The summed E-state index contributed by atoms with van der Waals surface area (Å²) in [4.78, 5) is 0. The molecule has 0 radical (unpaired) electrons. The van der Waals surface area contributed by atoms with Gasteiger partial charge in [0.25, 0.3) is 0 Å². The molecule has 0 saturated carbocycles. The SMILES string of the molecule is COc1ccc(CCC(C)NCCC2CCOC2)cc1. The molecule has 0 aliphatic carbocycles. The highest BCUT2D eigenvalue weighted by atomic mass is 16.5. The van der Waals surface area contributed by atoms with Gasteiger partial charge in [-0.25, -0.2) is 0 Å². The van der Waals surface area contributed by atoms with Crippen LogP contribution >= 0.6 is 0 Å². The predicted molar refractivity (Wildman–Crippen MR) is 82.3 cm³/mol. The van der Waals surface area contributed by atoms with Gasteiger partial charge in [0.15, 0.2) is 0 Å². The van der Waals surface area contributed by atoms with Crippen LogP contribution < -0.4 is 10.1 Å². The van der Waals surface area contributed by atoms with Gasteiger partial charge in [-0.1, -0.05) is 12.1 Å². The van der Waals surface area contributed by atoms with Gasteiger partial charge in [-0.15, -0.1) is 0 Å². The zero-order valence-corrected chi connectivity index (χ0v) is 12.7. The van der Waals surface area contributed by atoms with Crippen LogP contribution in [-0.2, 0) is 11.2 Å². The second-order valence-corrected chi connectivity index (χ2v) is 5.76. The van der Waals surface area contributed by atoms with Crippen LogP contribution in [-0.4, -0.2) is 32.9 Å². The lowest BCUT2D eigenvalue weighted by atomic mass is 10.0. The van der Waals surface area contributed by atoms with Crippen molar-refractivity contribution >= 4 is 0 Å². The zero-order valence-electron chi connectivity index (χ0n) is 12.7. The number of hydrogen-bond acceptors (Lipinski definition) is 3. The Labute approximate surface area is 122 Å². The number of methoxy groups -OCH3 is 1. The Morgan fingerprint density at radius 1 is 1.35 bits per heavy atom. The molecule has 0 aromatic heterocycles. The Morgan fingerprint density at radius 3 is 2.80 bits per heavy atom. The van der Waals surface area contributed by atoms with Gasteiger partial charge in [0, 0.05) is 19.3 Å². The van der Waals surface area contributed by atoms with Crippen molar-refractivity contribution in [2.45, 2.75) is 38.6 Å². The molecule has 1 aliphatic rings. The number of rotatable bonds is 8. The van der Waals surface area contributed by atoms with Crippen molar-refractivity contribution in [2.24, 2.45) is 5.92 Å². The number of ether oxygens (including phenoxy) is 2. The van der Waals surface area contributed by atoms with Gasteiger partial charge in [-0.2, -0.15) is 0 Å². The van der Waals surface area contributed by atoms with Crippen molar-refractivity contribution in [1.82, 2.24) is 5.32 Å². The summed E-state index contributed by atoms with van der Waals surface area (Å²) in [5, 5.41) is 3.62. The van der Waals surface area contributed by atoms with E-state index in [1.54, 1.807) is 7.11 Å². The summed E-state index contributed by atoms with van der Waals surface area (Å²) >= 11 is 0. The molecule has 3 heteroatoms. The second-order valence-electron chi connectivity index (χ2n) is 5.76. The normalized spacial score (nSPS) is 20.0. The predicted octanol–water partition coefficient (Wildman–Crippen LogP) is 3.03. The maximum absolute atomic E-state index is 5.40. The fraction of sp³-hybridized carbons (Fsp3) is 0.647. The van der Waals surface area contributed by atoms with Crippen LogP contribution in [0.2, 0.25) is 0 Å². The zero-order chi connectivity index (χ0) is 14.2. The molecule has 1 fully saturated rings. The Morgan fingerprint density at radius 2 is 2.15 bits per heavy atom. The molecule has 1 saturated heterocycles. The van der Waals surface area contributed by atoms with Crippen LogP contribution in [0.15, 0.2) is 24.3 Å². The summed E-state index contributed by atoms with van der Waals surface area (Å²) in [6.45, 7) is 5.30. The monoisotopic (exact) mass is 277 g/mol. The third kappa shape index (κ3) is 5.14. The molecule has 112 valence electrons. The first-order chi connectivity index (χ1) is 9.78. The van der Waals surface area contributed by atoms with Crippen molar-refractivity contribution in [2.75, 3.05) is 26.9 Å². The first kappa shape index (κ1) is 15.3. The Bertz CT molecular complexity index is 371. The summed E-state index contributed by atoms with van der Waals surface area (Å²) in [5.74, 6) is 1.70. The van der Waals surface area contributed by atoms with E-state index >= 15 is 0 Å².